The molecule has 0 spiro atoms. The third kappa shape index (κ3) is 5.67. The molecule has 1 atom stereocenters. The number of amides is 1. The fourth-order valence-electron chi connectivity index (χ4n) is 2.88. The van der Waals surface area contributed by atoms with Crippen LogP contribution in [0.15, 0.2) is 72.1 Å². The Morgan fingerprint density at radius 1 is 1.04 bits per heavy atom. The molecule has 27 heavy (non-hydrogen) atoms. The van der Waals surface area contributed by atoms with Crippen LogP contribution in [-0.4, -0.2) is 26.1 Å². The number of nitrogens with one attached hydrogen (secondary N) is 2. The van der Waals surface area contributed by atoms with Gasteiger partial charge in [0.25, 0.3) is 0 Å². The molecular formula is C22H24N2O2S. The summed E-state index contributed by atoms with van der Waals surface area (Å²) in [5.74, 6) is 0.841. The highest BCUT2D eigenvalue weighted by atomic mass is 32.1. The molecule has 1 heterocycles. The summed E-state index contributed by atoms with van der Waals surface area (Å²) < 4.78 is 5.16. The molecule has 4 nitrogen and oxygen atoms in total. The van der Waals surface area contributed by atoms with E-state index in [2.05, 4.69) is 34.2 Å². The first kappa shape index (κ1) is 19.1. The quantitative estimate of drug-likeness (QED) is 0.594. The van der Waals surface area contributed by atoms with Crippen LogP contribution in [-0.2, 0) is 11.2 Å². The van der Waals surface area contributed by atoms with Crippen molar-refractivity contribution in [2.75, 3.05) is 20.2 Å². The summed E-state index contributed by atoms with van der Waals surface area (Å²) >= 11 is 1.69. The third-order valence-electron chi connectivity index (χ3n) is 4.32. The van der Waals surface area contributed by atoms with E-state index in [1.807, 2.05) is 48.5 Å². The van der Waals surface area contributed by atoms with E-state index in [0.29, 0.717) is 6.54 Å². The fourth-order valence-corrected chi connectivity index (χ4v) is 3.71. The number of hydrogen-bond acceptors (Lipinski definition) is 4. The van der Waals surface area contributed by atoms with Crippen LogP contribution in [0.2, 0.25) is 0 Å². The topological polar surface area (TPSA) is 50.4 Å². The molecule has 1 amide bonds. The van der Waals surface area contributed by atoms with Gasteiger partial charge in [0.1, 0.15) is 5.75 Å². The van der Waals surface area contributed by atoms with Gasteiger partial charge in [-0.15, -0.1) is 11.3 Å². The number of rotatable bonds is 9. The maximum absolute atomic E-state index is 12.2. The van der Waals surface area contributed by atoms with Crippen molar-refractivity contribution < 1.29 is 9.53 Å². The molecule has 140 valence electrons. The summed E-state index contributed by atoms with van der Waals surface area (Å²) in [7, 11) is 1.65. The number of benzene rings is 2. The largest absolute Gasteiger partial charge is 0.497 e. The van der Waals surface area contributed by atoms with E-state index in [4.69, 9.17) is 4.74 Å². The molecular weight excluding hydrogens is 356 g/mol. The Morgan fingerprint density at radius 3 is 2.48 bits per heavy atom. The van der Waals surface area contributed by atoms with Crippen LogP contribution in [0.25, 0.3) is 0 Å². The van der Waals surface area contributed by atoms with E-state index in [1.165, 1.54) is 10.4 Å². The lowest BCUT2D eigenvalue weighted by Gasteiger charge is -2.18. The first-order valence-electron chi connectivity index (χ1n) is 8.97. The number of hydrogen-bond donors (Lipinski definition) is 2. The molecule has 0 unspecified atom stereocenters. The first-order valence-corrected chi connectivity index (χ1v) is 9.85. The molecule has 0 saturated carbocycles. The smallest absolute Gasteiger partial charge is 0.233 e. The van der Waals surface area contributed by atoms with Gasteiger partial charge in [0.15, 0.2) is 0 Å². The summed E-state index contributed by atoms with van der Waals surface area (Å²) in [5.41, 5.74) is 2.33. The van der Waals surface area contributed by atoms with Gasteiger partial charge < -0.3 is 10.1 Å². The lowest BCUT2D eigenvalue weighted by atomic mass is 10.1. The van der Waals surface area contributed by atoms with Crippen molar-refractivity contribution >= 4 is 17.2 Å². The standard InChI is InChI=1S/C22H24N2O2S/c1-26-19-11-9-17(10-12-19)13-14-23-21(25)16-24-22(20-8-5-15-27-20)18-6-3-2-4-7-18/h2-12,15,22,24H,13-14,16H2,1H3,(H,23,25)/t22-/m0/s1. The third-order valence-corrected chi connectivity index (χ3v) is 5.26. The fraction of sp³-hybridized carbons (Fsp3) is 0.227. The zero-order valence-corrected chi connectivity index (χ0v) is 16.2. The number of thiophene rings is 1. The number of carbonyl (C=O) groups excluding carboxylic acids is 1. The highest BCUT2D eigenvalue weighted by Gasteiger charge is 2.15. The molecule has 0 fully saturated rings. The molecule has 5 heteroatoms. The van der Waals surface area contributed by atoms with E-state index in [1.54, 1.807) is 18.4 Å². The first-order chi connectivity index (χ1) is 13.3. The molecule has 0 aliphatic carbocycles. The summed E-state index contributed by atoms with van der Waals surface area (Å²) in [6.45, 7) is 0.891. The SMILES string of the molecule is COc1ccc(CCNC(=O)CN[C@@H](c2ccccc2)c2cccs2)cc1. The predicted octanol–water partition coefficient (Wildman–Crippen LogP) is 3.79. The van der Waals surface area contributed by atoms with Crippen molar-refractivity contribution in [3.05, 3.63) is 88.1 Å². The lowest BCUT2D eigenvalue weighted by Crippen LogP contribution is -2.36. The molecule has 1 aromatic heterocycles. The van der Waals surface area contributed by atoms with Gasteiger partial charge in [-0.3, -0.25) is 10.1 Å². The van der Waals surface area contributed by atoms with Gasteiger partial charge in [0, 0.05) is 11.4 Å². The molecule has 0 radical (unpaired) electrons. The monoisotopic (exact) mass is 380 g/mol. The molecule has 2 N–H and O–H groups in total. The highest BCUT2D eigenvalue weighted by molar-refractivity contribution is 7.10. The van der Waals surface area contributed by atoms with Crippen LogP contribution in [0.3, 0.4) is 0 Å². The lowest BCUT2D eigenvalue weighted by molar-refractivity contribution is -0.120. The normalized spacial score (nSPS) is 11.7. The van der Waals surface area contributed by atoms with Crippen LogP contribution in [0.5, 0.6) is 5.75 Å². The Hall–Kier alpha value is -2.63. The second kappa shape index (κ2) is 9.90. The van der Waals surface area contributed by atoms with Gasteiger partial charge in [0.05, 0.1) is 19.7 Å². The van der Waals surface area contributed by atoms with Crippen LogP contribution in [0.4, 0.5) is 0 Å². The minimum atomic E-state index is 0.000925. The van der Waals surface area contributed by atoms with E-state index >= 15 is 0 Å². The Kier molecular flexibility index (Phi) is 7.02. The molecule has 0 bridgehead atoms. The maximum atomic E-state index is 12.2. The van der Waals surface area contributed by atoms with E-state index in [0.717, 1.165) is 17.7 Å². The molecule has 0 aliphatic rings. The summed E-state index contributed by atoms with van der Waals surface area (Å²) in [6, 6.07) is 22.3. The number of carbonyl (C=O) groups is 1. The van der Waals surface area contributed by atoms with Gasteiger partial charge in [-0.1, -0.05) is 48.5 Å². The van der Waals surface area contributed by atoms with Crippen molar-refractivity contribution in [3.8, 4) is 5.75 Å². The van der Waals surface area contributed by atoms with Crippen molar-refractivity contribution in [2.24, 2.45) is 0 Å². The van der Waals surface area contributed by atoms with Crippen LogP contribution in [0, 0.1) is 0 Å². The van der Waals surface area contributed by atoms with Crippen LogP contribution >= 0.6 is 11.3 Å². The maximum Gasteiger partial charge on any atom is 0.233 e. The highest BCUT2D eigenvalue weighted by Crippen LogP contribution is 2.25. The van der Waals surface area contributed by atoms with E-state index in [-0.39, 0.29) is 18.5 Å². The van der Waals surface area contributed by atoms with Crippen molar-refractivity contribution in [2.45, 2.75) is 12.5 Å². The average Bonchev–Trinajstić information content (AvgIpc) is 3.24. The second-order valence-electron chi connectivity index (χ2n) is 6.19. The number of ether oxygens (including phenoxy) is 1. The average molecular weight is 381 g/mol. The van der Waals surface area contributed by atoms with Gasteiger partial charge in [-0.25, -0.2) is 0 Å². The van der Waals surface area contributed by atoms with E-state index in [9.17, 15) is 4.79 Å². The molecule has 2 aromatic carbocycles. The number of methoxy groups -OCH3 is 1. The Morgan fingerprint density at radius 2 is 1.81 bits per heavy atom. The summed E-state index contributed by atoms with van der Waals surface area (Å²) in [4.78, 5) is 13.4. The second-order valence-corrected chi connectivity index (χ2v) is 7.17. The van der Waals surface area contributed by atoms with Gasteiger partial charge >= 0.3 is 0 Å². The molecule has 0 aliphatic heterocycles. The van der Waals surface area contributed by atoms with E-state index < -0.39 is 0 Å². The van der Waals surface area contributed by atoms with Crippen molar-refractivity contribution in [3.63, 3.8) is 0 Å². The Labute approximate surface area is 164 Å². The molecule has 3 aromatic rings. The zero-order valence-electron chi connectivity index (χ0n) is 15.4. The van der Waals surface area contributed by atoms with Gasteiger partial charge in [0.2, 0.25) is 5.91 Å². The summed E-state index contributed by atoms with van der Waals surface area (Å²) in [5, 5.41) is 8.42. The minimum absolute atomic E-state index is 0.000925. The van der Waals surface area contributed by atoms with Gasteiger partial charge in [-0.2, -0.15) is 0 Å². The van der Waals surface area contributed by atoms with Crippen LogP contribution in [0.1, 0.15) is 22.0 Å². The van der Waals surface area contributed by atoms with Crippen molar-refractivity contribution in [1.29, 1.82) is 0 Å². The Balaban J connectivity index is 1.49. The zero-order chi connectivity index (χ0) is 18.9. The van der Waals surface area contributed by atoms with Crippen molar-refractivity contribution in [1.82, 2.24) is 10.6 Å². The minimum Gasteiger partial charge on any atom is -0.497 e. The van der Waals surface area contributed by atoms with Crippen LogP contribution < -0.4 is 15.4 Å². The molecule has 3 rings (SSSR count). The summed E-state index contributed by atoms with van der Waals surface area (Å²) in [6.07, 6.45) is 0.794. The van der Waals surface area contributed by atoms with Gasteiger partial charge in [-0.05, 0) is 41.1 Å². The predicted molar refractivity (Wildman–Crippen MR) is 110 cm³/mol. The Bertz CT molecular complexity index is 817. The molecule has 0 saturated heterocycles.